The smallest absolute Gasteiger partial charge is 0.410 e. The summed E-state index contributed by atoms with van der Waals surface area (Å²) in [5.41, 5.74) is 9.19. The van der Waals surface area contributed by atoms with Gasteiger partial charge in [0.25, 0.3) is 11.8 Å². The maximum atomic E-state index is 14.1. The van der Waals surface area contributed by atoms with Crippen LogP contribution in [0.15, 0.2) is 66.2 Å². The average Bonchev–Trinajstić information content (AvgIpc) is 3.70. The number of aliphatic imine (C=N–C) groups is 1. The molecule has 0 radical (unpaired) electrons. The fourth-order valence-electron chi connectivity index (χ4n) is 4.99. The quantitative estimate of drug-likeness (QED) is 0.218. The first-order valence-corrected chi connectivity index (χ1v) is 14.2. The lowest BCUT2D eigenvalue weighted by Crippen LogP contribution is -2.58. The Morgan fingerprint density at radius 2 is 1.98 bits per heavy atom. The maximum Gasteiger partial charge on any atom is 0.410 e. The summed E-state index contributed by atoms with van der Waals surface area (Å²) in [6.07, 6.45) is 4.03. The first-order chi connectivity index (χ1) is 21.6. The van der Waals surface area contributed by atoms with E-state index >= 15 is 0 Å². The van der Waals surface area contributed by atoms with Crippen molar-refractivity contribution in [1.29, 1.82) is 0 Å². The lowest BCUT2D eigenvalue weighted by molar-refractivity contribution is -0.120. The molecule has 0 spiro atoms. The van der Waals surface area contributed by atoms with Crippen LogP contribution < -0.4 is 5.73 Å². The molecule has 0 saturated carbocycles. The molecule has 45 heavy (non-hydrogen) atoms. The van der Waals surface area contributed by atoms with Crippen molar-refractivity contribution in [2.45, 2.75) is 18.0 Å². The maximum absolute atomic E-state index is 14.1. The van der Waals surface area contributed by atoms with Gasteiger partial charge in [0.05, 0.1) is 49.6 Å². The van der Waals surface area contributed by atoms with E-state index in [2.05, 4.69) is 25.3 Å². The number of carbonyl (C=O) groups excluding carboxylic acids is 2. The number of nitrogens with one attached hydrogen (secondary N) is 1. The van der Waals surface area contributed by atoms with Gasteiger partial charge in [-0.15, -0.1) is 0 Å². The Bertz CT molecular complexity index is 1720. The fourth-order valence-corrected chi connectivity index (χ4v) is 5.20. The standard InChI is InChI=1S/C29H28ClF2N9O4/c1-34-27(33)41(26(42)18-4-2-17(3-5-18)20-9-37-40(10-20)21-11-44-12-21)24(13-45-28(43)39-14-29(31,32)15-39)19-6-7-23(30)22(8-19)25-35-16-36-38-25/h2-10,16,21,24H,11-15H2,1H3,(H2,33,34)(H,35,36,38)/t24-/m1/s1. The zero-order valence-electron chi connectivity index (χ0n) is 23.9. The minimum atomic E-state index is -2.97. The van der Waals surface area contributed by atoms with Crippen LogP contribution in [-0.2, 0) is 9.47 Å². The van der Waals surface area contributed by atoms with Crippen LogP contribution in [0.5, 0.6) is 0 Å². The number of nitrogens with zero attached hydrogens (tertiary/aromatic N) is 7. The van der Waals surface area contributed by atoms with Crippen molar-refractivity contribution in [3.05, 3.63) is 77.3 Å². The first kappa shape index (κ1) is 30.1. The highest BCUT2D eigenvalue weighted by atomic mass is 35.5. The number of amides is 2. The third-order valence-electron chi connectivity index (χ3n) is 7.58. The Hall–Kier alpha value is -4.89. The van der Waals surface area contributed by atoms with Gasteiger partial charge in [-0.1, -0.05) is 29.8 Å². The predicted octanol–water partition coefficient (Wildman–Crippen LogP) is 3.78. The van der Waals surface area contributed by atoms with Gasteiger partial charge in [0.2, 0.25) is 0 Å². The van der Waals surface area contributed by atoms with Crippen LogP contribution in [0, 0.1) is 0 Å². The van der Waals surface area contributed by atoms with E-state index in [0.717, 1.165) is 16.0 Å². The molecule has 16 heteroatoms. The summed E-state index contributed by atoms with van der Waals surface area (Å²) in [4.78, 5) is 37.0. The highest BCUT2D eigenvalue weighted by molar-refractivity contribution is 6.33. The molecule has 13 nitrogen and oxygen atoms in total. The molecule has 0 aliphatic carbocycles. The molecule has 2 aliphatic heterocycles. The van der Waals surface area contributed by atoms with Crippen molar-refractivity contribution in [3.8, 4) is 22.5 Å². The molecule has 3 N–H and O–H groups in total. The first-order valence-electron chi connectivity index (χ1n) is 13.9. The summed E-state index contributed by atoms with van der Waals surface area (Å²) in [5.74, 6) is -3.32. The molecule has 0 unspecified atom stereocenters. The largest absolute Gasteiger partial charge is 0.447 e. The number of alkyl halides is 2. The van der Waals surface area contributed by atoms with E-state index in [9.17, 15) is 18.4 Å². The van der Waals surface area contributed by atoms with E-state index in [1.54, 1.807) is 48.7 Å². The van der Waals surface area contributed by atoms with Gasteiger partial charge >= 0.3 is 6.09 Å². The van der Waals surface area contributed by atoms with Crippen molar-refractivity contribution in [3.63, 3.8) is 0 Å². The second-order valence-electron chi connectivity index (χ2n) is 10.6. The number of hydrogen-bond donors (Lipinski definition) is 2. The molecule has 4 aromatic rings. The molecule has 2 aromatic carbocycles. The number of likely N-dealkylation sites (tertiary alicyclic amines) is 1. The molecule has 0 bridgehead atoms. The Balaban J connectivity index is 1.31. The second kappa shape index (κ2) is 12.2. The van der Waals surface area contributed by atoms with Crippen molar-refractivity contribution in [2.24, 2.45) is 10.7 Å². The minimum absolute atomic E-state index is 0.166. The number of halogens is 3. The second-order valence-corrected chi connectivity index (χ2v) is 11.0. The van der Waals surface area contributed by atoms with Crippen LogP contribution in [0.1, 0.15) is 28.0 Å². The van der Waals surface area contributed by atoms with Crippen molar-refractivity contribution in [1.82, 2.24) is 34.8 Å². The SMILES string of the molecule is CN=C(N)N(C(=O)c1ccc(-c2cnn(C3COC3)c2)cc1)[C@H](COC(=O)N1CC(F)(F)C1)c1ccc(Cl)c(-c2ncn[nH]2)c1. The van der Waals surface area contributed by atoms with Gasteiger partial charge in [0.1, 0.15) is 12.9 Å². The van der Waals surface area contributed by atoms with Crippen LogP contribution in [0.4, 0.5) is 13.6 Å². The Morgan fingerprint density at radius 1 is 1.22 bits per heavy atom. The zero-order valence-corrected chi connectivity index (χ0v) is 24.7. The molecule has 2 fully saturated rings. The van der Waals surface area contributed by atoms with Gasteiger partial charge in [0.15, 0.2) is 11.8 Å². The third-order valence-corrected chi connectivity index (χ3v) is 7.91. The molecule has 6 rings (SSSR count). The number of aromatic amines is 1. The number of H-pyrrole nitrogens is 1. The lowest BCUT2D eigenvalue weighted by Gasteiger charge is -2.38. The van der Waals surface area contributed by atoms with Crippen molar-refractivity contribution < 1.29 is 27.8 Å². The summed E-state index contributed by atoms with van der Waals surface area (Å²) in [5, 5.41) is 11.4. The van der Waals surface area contributed by atoms with Gasteiger partial charge < -0.3 is 15.2 Å². The highest BCUT2D eigenvalue weighted by Gasteiger charge is 2.47. The van der Waals surface area contributed by atoms with E-state index in [1.165, 1.54) is 18.3 Å². The summed E-state index contributed by atoms with van der Waals surface area (Å²) in [6.45, 7) is -0.719. The Labute approximate surface area is 260 Å². The molecule has 2 amide bonds. The topological polar surface area (TPSA) is 157 Å². The van der Waals surface area contributed by atoms with E-state index in [1.807, 2.05) is 10.9 Å². The number of benzene rings is 2. The summed E-state index contributed by atoms with van der Waals surface area (Å²) in [6, 6.07) is 10.9. The molecule has 2 saturated heterocycles. The Kier molecular flexibility index (Phi) is 8.20. The molecule has 2 aromatic heterocycles. The van der Waals surface area contributed by atoms with E-state index in [4.69, 9.17) is 26.8 Å². The van der Waals surface area contributed by atoms with Gasteiger partial charge in [-0.3, -0.25) is 29.4 Å². The van der Waals surface area contributed by atoms with Gasteiger partial charge in [-0.25, -0.2) is 18.6 Å². The summed E-state index contributed by atoms with van der Waals surface area (Å²) < 4.78 is 39.4. The fraction of sp³-hybridized carbons (Fsp3) is 0.310. The number of rotatable bonds is 8. The summed E-state index contributed by atoms with van der Waals surface area (Å²) in [7, 11) is 1.41. The third kappa shape index (κ3) is 6.21. The van der Waals surface area contributed by atoms with Crippen molar-refractivity contribution in [2.75, 3.05) is 40.0 Å². The van der Waals surface area contributed by atoms with Crippen LogP contribution in [0.2, 0.25) is 5.02 Å². The van der Waals surface area contributed by atoms with Gasteiger partial charge in [-0.2, -0.15) is 10.2 Å². The van der Waals surface area contributed by atoms with E-state index in [0.29, 0.717) is 35.2 Å². The molecule has 234 valence electrons. The number of hydrogen-bond acceptors (Lipinski definition) is 8. The number of aromatic nitrogens is 5. The Morgan fingerprint density at radius 3 is 2.60 bits per heavy atom. The number of guanidine groups is 1. The number of carbonyl (C=O) groups is 2. The van der Waals surface area contributed by atoms with Crippen LogP contribution in [0.3, 0.4) is 0 Å². The van der Waals surface area contributed by atoms with E-state index in [-0.39, 0.29) is 17.6 Å². The number of ether oxygens (including phenoxy) is 2. The minimum Gasteiger partial charge on any atom is -0.447 e. The van der Waals surface area contributed by atoms with Gasteiger partial charge in [0, 0.05) is 29.9 Å². The van der Waals surface area contributed by atoms with Crippen molar-refractivity contribution >= 4 is 29.6 Å². The van der Waals surface area contributed by atoms with Gasteiger partial charge in [-0.05, 0) is 35.4 Å². The number of nitrogens with two attached hydrogens (primary N) is 1. The zero-order chi connectivity index (χ0) is 31.7. The molecular weight excluding hydrogens is 612 g/mol. The highest BCUT2D eigenvalue weighted by Crippen LogP contribution is 2.33. The lowest BCUT2D eigenvalue weighted by atomic mass is 10.0. The van der Waals surface area contributed by atoms with Crippen LogP contribution >= 0.6 is 11.6 Å². The van der Waals surface area contributed by atoms with E-state index < -0.39 is 43.7 Å². The molecule has 4 heterocycles. The van der Waals surface area contributed by atoms with Crippen LogP contribution in [-0.4, -0.2) is 98.6 Å². The predicted molar refractivity (Wildman–Crippen MR) is 159 cm³/mol. The molecule has 2 aliphatic rings. The van der Waals surface area contributed by atoms with Crippen LogP contribution in [0.25, 0.3) is 22.5 Å². The molecular formula is C29H28ClF2N9O4. The monoisotopic (exact) mass is 639 g/mol. The average molecular weight is 640 g/mol. The summed E-state index contributed by atoms with van der Waals surface area (Å²) >= 11 is 6.45. The molecule has 1 atom stereocenters. The normalized spacial score (nSPS) is 16.9.